The fourth-order valence-electron chi connectivity index (χ4n) is 2.34. The number of carbonyl (C=O) groups excluding carboxylic acids is 2. The van der Waals surface area contributed by atoms with Crippen LogP contribution in [-0.2, 0) is 4.79 Å². The number of pyridine rings is 1. The third-order valence-electron chi connectivity index (χ3n) is 3.44. The molecule has 0 unspecified atom stereocenters. The number of hydrogen-bond donors (Lipinski definition) is 1. The minimum absolute atomic E-state index is 0.118. The van der Waals surface area contributed by atoms with E-state index in [4.69, 9.17) is 0 Å². The number of hydrogen-bond acceptors (Lipinski definition) is 3. The van der Waals surface area contributed by atoms with Crippen molar-refractivity contribution in [3.05, 3.63) is 34.2 Å². The maximum Gasteiger partial charge on any atom is 0.270 e. The Morgan fingerprint density at radius 3 is 2.55 bits per heavy atom. The van der Waals surface area contributed by atoms with E-state index < -0.39 is 0 Å². The number of carbonyl (C=O) groups is 2. The van der Waals surface area contributed by atoms with Crippen LogP contribution in [0.1, 0.15) is 30.3 Å². The molecule has 6 nitrogen and oxygen atoms in total. The molecule has 2 rings (SSSR count). The Kier molecular flexibility index (Phi) is 4.55. The molecule has 0 aliphatic carbocycles. The van der Waals surface area contributed by atoms with Crippen LogP contribution in [0.4, 0.5) is 0 Å². The lowest BCUT2D eigenvalue weighted by Gasteiger charge is -2.21. The third kappa shape index (κ3) is 3.26. The molecule has 6 heteroatoms. The summed E-state index contributed by atoms with van der Waals surface area (Å²) in [4.78, 5) is 41.3. The van der Waals surface area contributed by atoms with Gasteiger partial charge in [-0.25, -0.2) is 0 Å². The summed E-state index contributed by atoms with van der Waals surface area (Å²) in [6, 6.07) is 4.54. The van der Waals surface area contributed by atoms with Crippen molar-refractivity contribution in [2.45, 2.75) is 19.8 Å². The van der Waals surface area contributed by atoms with Gasteiger partial charge in [0.1, 0.15) is 5.69 Å². The van der Waals surface area contributed by atoms with Crippen LogP contribution in [0, 0.1) is 0 Å². The van der Waals surface area contributed by atoms with Crippen LogP contribution in [-0.4, -0.2) is 52.8 Å². The standard InChI is InChI=1S/C14H19N3O3/c1-2-13(19)16-7-4-8-17(10-9-16)14(20)11-5-3-6-12(18)15-11/h3,5-6H,2,4,7-10H2,1H3,(H,15,18). The lowest BCUT2D eigenvalue weighted by molar-refractivity contribution is -0.130. The third-order valence-corrected chi connectivity index (χ3v) is 3.44. The van der Waals surface area contributed by atoms with Gasteiger partial charge in [0.05, 0.1) is 0 Å². The molecule has 1 fully saturated rings. The minimum Gasteiger partial charge on any atom is -0.341 e. The summed E-state index contributed by atoms with van der Waals surface area (Å²) in [5, 5.41) is 0. The zero-order valence-electron chi connectivity index (χ0n) is 11.6. The van der Waals surface area contributed by atoms with Crippen LogP contribution in [0.5, 0.6) is 0 Å². The summed E-state index contributed by atoms with van der Waals surface area (Å²) < 4.78 is 0. The average molecular weight is 277 g/mol. The fourth-order valence-corrected chi connectivity index (χ4v) is 2.34. The van der Waals surface area contributed by atoms with E-state index >= 15 is 0 Å². The quantitative estimate of drug-likeness (QED) is 0.853. The van der Waals surface area contributed by atoms with Gasteiger partial charge in [0.25, 0.3) is 5.91 Å². The second-order valence-corrected chi connectivity index (χ2v) is 4.81. The van der Waals surface area contributed by atoms with Crippen LogP contribution in [0.25, 0.3) is 0 Å². The zero-order valence-corrected chi connectivity index (χ0v) is 11.6. The van der Waals surface area contributed by atoms with Gasteiger partial charge >= 0.3 is 0 Å². The van der Waals surface area contributed by atoms with Gasteiger partial charge in [-0.3, -0.25) is 14.4 Å². The van der Waals surface area contributed by atoms with E-state index in [1.165, 1.54) is 6.07 Å². The number of H-pyrrole nitrogens is 1. The van der Waals surface area contributed by atoms with Crippen LogP contribution in [0.3, 0.4) is 0 Å². The lowest BCUT2D eigenvalue weighted by atomic mass is 10.3. The summed E-state index contributed by atoms with van der Waals surface area (Å²) in [6.45, 7) is 4.17. The highest BCUT2D eigenvalue weighted by Gasteiger charge is 2.22. The summed E-state index contributed by atoms with van der Waals surface area (Å²) in [6.07, 6.45) is 1.24. The maximum absolute atomic E-state index is 12.3. The Morgan fingerprint density at radius 2 is 1.85 bits per heavy atom. The minimum atomic E-state index is -0.284. The summed E-state index contributed by atoms with van der Waals surface area (Å²) in [5.41, 5.74) is 0.0150. The fraction of sp³-hybridized carbons (Fsp3) is 0.500. The molecule has 0 saturated carbocycles. The first-order chi connectivity index (χ1) is 9.61. The smallest absolute Gasteiger partial charge is 0.270 e. The number of nitrogens with one attached hydrogen (secondary N) is 1. The Labute approximate surface area is 117 Å². The molecule has 0 atom stereocenters. The molecule has 1 saturated heterocycles. The van der Waals surface area contributed by atoms with E-state index in [0.717, 1.165) is 6.42 Å². The number of aromatic amines is 1. The van der Waals surface area contributed by atoms with Gasteiger partial charge in [0.2, 0.25) is 11.5 Å². The molecule has 0 aromatic carbocycles. The normalized spacial score (nSPS) is 15.8. The largest absolute Gasteiger partial charge is 0.341 e. The molecule has 0 bridgehead atoms. The molecule has 0 spiro atoms. The highest BCUT2D eigenvalue weighted by Crippen LogP contribution is 2.08. The Bertz CT molecular complexity index is 553. The van der Waals surface area contributed by atoms with Crippen molar-refractivity contribution >= 4 is 11.8 Å². The van der Waals surface area contributed by atoms with E-state index in [2.05, 4.69) is 4.98 Å². The van der Waals surface area contributed by atoms with Crippen molar-refractivity contribution in [2.24, 2.45) is 0 Å². The van der Waals surface area contributed by atoms with Gasteiger partial charge < -0.3 is 14.8 Å². The SMILES string of the molecule is CCC(=O)N1CCCN(C(=O)c2cccc(=O)[nH]2)CC1. The van der Waals surface area contributed by atoms with Gasteiger partial charge in [0.15, 0.2) is 0 Å². The molecule has 1 aliphatic rings. The van der Waals surface area contributed by atoms with Crippen molar-refractivity contribution in [3.8, 4) is 0 Å². The highest BCUT2D eigenvalue weighted by atomic mass is 16.2. The van der Waals surface area contributed by atoms with Crippen molar-refractivity contribution in [3.63, 3.8) is 0 Å². The van der Waals surface area contributed by atoms with Gasteiger partial charge in [-0.05, 0) is 12.5 Å². The summed E-state index contributed by atoms with van der Waals surface area (Å²) in [7, 11) is 0. The van der Waals surface area contributed by atoms with Crippen molar-refractivity contribution in [1.82, 2.24) is 14.8 Å². The van der Waals surface area contributed by atoms with Gasteiger partial charge in [-0.2, -0.15) is 0 Å². The zero-order chi connectivity index (χ0) is 14.5. The molecule has 1 aromatic rings. The number of aromatic nitrogens is 1. The van der Waals surface area contributed by atoms with Gasteiger partial charge in [-0.15, -0.1) is 0 Å². The second-order valence-electron chi connectivity index (χ2n) is 4.81. The van der Waals surface area contributed by atoms with Crippen molar-refractivity contribution < 1.29 is 9.59 Å². The Balaban J connectivity index is 2.05. The predicted molar refractivity (Wildman–Crippen MR) is 74.5 cm³/mol. The molecule has 20 heavy (non-hydrogen) atoms. The summed E-state index contributed by atoms with van der Waals surface area (Å²) >= 11 is 0. The monoisotopic (exact) mass is 277 g/mol. The van der Waals surface area contributed by atoms with Crippen molar-refractivity contribution in [2.75, 3.05) is 26.2 Å². The molecule has 0 radical (unpaired) electrons. The molecular weight excluding hydrogens is 258 g/mol. The van der Waals surface area contributed by atoms with E-state index in [0.29, 0.717) is 38.3 Å². The van der Waals surface area contributed by atoms with E-state index in [1.54, 1.807) is 21.9 Å². The van der Waals surface area contributed by atoms with E-state index in [1.807, 2.05) is 6.92 Å². The number of amides is 2. The van der Waals surface area contributed by atoms with E-state index in [-0.39, 0.29) is 17.4 Å². The highest BCUT2D eigenvalue weighted by molar-refractivity contribution is 5.92. The topological polar surface area (TPSA) is 73.5 Å². The average Bonchev–Trinajstić information content (AvgIpc) is 2.71. The first-order valence-electron chi connectivity index (χ1n) is 6.88. The molecular formula is C14H19N3O3. The molecule has 1 aromatic heterocycles. The molecule has 2 heterocycles. The molecule has 1 aliphatic heterocycles. The van der Waals surface area contributed by atoms with Crippen LogP contribution >= 0.6 is 0 Å². The van der Waals surface area contributed by atoms with Crippen LogP contribution < -0.4 is 5.56 Å². The van der Waals surface area contributed by atoms with Crippen LogP contribution in [0.15, 0.2) is 23.0 Å². The Morgan fingerprint density at radius 1 is 1.15 bits per heavy atom. The lowest BCUT2D eigenvalue weighted by Crippen LogP contribution is -2.37. The van der Waals surface area contributed by atoms with Gasteiger partial charge in [0, 0.05) is 38.7 Å². The number of rotatable bonds is 2. The van der Waals surface area contributed by atoms with E-state index in [9.17, 15) is 14.4 Å². The van der Waals surface area contributed by atoms with Gasteiger partial charge in [-0.1, -0.05) is 13.0 Å². The molecule has 108 valence electrons. The summed E-state index contributed by atoms with van der Waals surface area (Å²) in [5.74, 6) is -0.0686. The Hall–Kier alpha value is -2.11. The predicted octanol–water partition coefficient (Wildman–Crippen LogP) is 0.459. The first-order valence-corrected chi connectivity index (χ1v) is 6.88. The number of nitrogens with zero attached hydrogens (tertiary/aromatic N) is 2. The van der Waals surface area contributed by atoms with Crippen molar-refractivity contribution in [1.29, 1.82) is 0 Å². The maximum atomic E-state index is 12.3. The second kappa shape index (κ2) is 6.36. The first kappa shape index (κ1) is 14.3. The molecule has 2 amide bonds. The molecule has 1 N–H and O–H groups in total. The van der Waals surface area contributed by atoms with Crippen LogP contribution in [0.2, 0.25) is 0 Å².